The standard InChI is InChI=1S/C27H23ClFN5O/c1-16-5-4-6-17(9-16)14-31-20-10-21-25(33-19-7-8-24(29)23(28)12-19)18(13-30)15-32-26(21)22(11-20)27(35)34(2)3/h4-12,15,31H,14H2,1-3H3,(H,32,33). The Bertz CT molecular complexity index is 1480. The van der Waals surface area contributed by atoms with Crippen molar-refractivity contribution in [3.05, 3.63) is 93.9 Å². The molecule has 1 aromatic heterocycles. The second-order valence-corrected chi connectivity index (χ2v) is 8.78. The number of halogens is 2. The fraction of sp³-hybridized carbons (Fsp3) is 0.148. The van der Waals surface area contributed by atoms with Gasteiger partial charge in [0.05, 0.1) is 27.4 Å². The summed E-state index contributed by atoms with van der Waals surface area (Å²) in [6.07, 6.45) is 1.42. The van der Waals surface area contributed by atoms with Crippen molar-refractivity contribution in [2.75, 3.05) is 24.7 Å². The summed E-state index contributed by atoms with van der Waals surface area (Å²) in [4.78, 5) is 19.0. The Morgan fingerprint density at radius 1 is 1.14 bits per heavy atom. The largest absolute Gasteiger partial charge is 0.381 e. The number of nitrogens with one attached hydrogen (secondary N) is 2. The van der Waals surface area contributed by atoms with Gasteiger partial charge in [-0.3, -0.25) is 9.78 Å². The number of nitriles is 1. The van der Waals surface area contributed by atoms with Crippen LogP contribution in [0.2, 0.25) is 5.02 Å². The smallest absolute Gasteiger partial charge is 0.255 e. The van der Waals surface area contributed by atoms with E-state index in [1.54, 1.807) is 20.2 Å². The molecular formula is C27H23ClFN5O. The van der Waals surface area contributed by atoms with Gasteiger partial charge in [0.2, 0.25) is 0 Å². The summed E-state index contributed by atoms with van der Waals surface area (Å²) < 4.78 is 13.7. The van der Waals surface area contributed by atoms with Crippen LogP contribution in [0.3, 0.4) is 0 Å². The summed E-state index contributed by atoms with van der Waals surface area (Å²) >= 11 is 5.96. The van der Waals surface area contributed by atoms with E-state index in [4.69, 9.17) is 11.6 Å². The fourth-order valence-corrected chi connectivity index (χ4v) is 3.95. The molecule has 8 heteroatoms. The molecule has 4 rings (SSSR count). The highest BCUT2D eigenvalue weighted by Gasteiger charge is 2.19. The van der Waals surface area contributed by atoms with Gasteiger partial charge in [-0.2, -0.15) is 5.26 Å². The first-order valence-electron chi connectivity index (χ1n) is 10.9. The van der Waals surface area contributed by atoms with Crippen molar-refractivity contribution < 1.29 is 9.18 Å². The van der Waals surface area contributed by atoms with Crippen LogP contribution in [0.4, 0.5) is 21.5 Å². The van der Waals surface area contributed by atoms with Crippen LogP contribution in [0, 0.1) is 24.1 Å². The maximum atomic E-state index is 13.7. The van der Waals surface area contributed by atoms with E-state index in [1.807, 2.05) is 31.2 Å². The SMILES string of the molecule is Cc1cccc(CNc2cc(C(=O)N(C)C)c3ncc(C#N)c(Nc4ccc(F)c(Cl)c4)c3c2)c1. The van der Waals surface area contributed by atoms with Gasteiger partial charge in [0.25, 0.3) is 5.91 Å². The Morgan fingerprint density at radius 2 is 1.94 bits per heavy atom. The molecule has 3 aromatic carbocycles. The van der Waals surface area contributed by atoms with Crippen molar-refractivity contribution in [3.63, 3.8) is 0 Å². The van der Waals surface area contributed by atoms with Crippen molar-refractivity contribution in [1.29, 1.82) is 5.26 Å². The van der Waals surface area contributed by atoms with E-state index in [9.17, 15) is 14.4 Å². The summed E-state index contributed by atoms with van der Waals surface area (Å²) in [5.74, 6) is -0.763. The predicted octanol–water partition coefficient (Wildman–Crippen LogP) is 6.26. The van der Waals surface area contributed by atoms with E-state index >= 15 is 0 Å². The normalized spacial score (nSPS) is 10.6. The second kappa shape index (κ2) is 10.00. The number of aromatic nitrogens is 1. The minimum Gasteiger partial charge on any atom is -0.381 e. The van der Waals surface area contributed by atoms with Crippen LogP contribution >= 0.6 is 11.6 Å². The Labute approximate surface area is 208 Å². The summed E-state index contributed by atoms with van der Waals surface area (Å²) in [5, 5.41) is 16.8. The van der Waals surface area contributed by atoms with Gasteiger partial charge in [-0.05, 0) is 42.8 Å². The first-order chi connectivity index (χ1) is 16.8. The van der Waals surface area contributed by atoms with Gasteiger partial charge < -0.3 is 15.5 Å². The lowest BCUT2D eigenvalue weighted by Crippen LogP contribution is -2.22. The first-order valence-corrected chi connectivity index (χ1v) is 11.2. The van der Waals surface area contributed by atoms with Gasteiger partial charge in [-0.15, -0.1) is 0 Å². The summed E-state index contributed by atoms with van der Waals surface area (Å²) in [6, 6.07) is 18.1. The van der Waals surface area contributed by atoms with Crippen LogP contribution in [-0.4, -0.2) is 29.9 Å². The molecule has 35 heavy (non-hydrogen) atoms. The zero-order valence-corrected chi connectivity index (χ0v) is 20.2. The Morgan fingerprint density at radius 3 is 2.63 bits per heavy atom. The third-order valence-electron chi connectivity index (χ3n) is 5.50. The number of hydrogen-bond donors (Lipinski definition) is 2. The highest BCUT2D eigenvalue weighted by molar-refractivity contribution is 6.31. The van der Waals surface area contributed by atoms with E-state index in [2.05, 4.69) is 27.8 Å². The van der Waals surface area contributed by atoms with Crippen molar-refractivity contribution >= 4 is 45.5 Å². The van der Waals surface area contributed by atoms with Gasteiger partial charge in [0.15, 0.2) is 0 Å². The van der Waals surface area contributed by atoms with Gasteiger partial charge in [-0.25, -0.2) is 4.39 Å². The zero-order valence-electron chi connectivity index (χ0n) is 19.5. The van der Waals surface area contributed by atoms with E-state index in [1.165, 1.54) is 29.3 Å². The number of carbonyl (C=O) groups is 1. The zero-order chi connectivity index (χ0) is 25.1. The van der Waals surface area contributed by atoms with Crippen molar-refractivity contribution in [1.82, 2.24) is 9.88 Å². The van der Waals surface area contributed by atoms with Gasteiger partial charge in [0, 0.05) is 43.6 Å². The Kier molecular flexibility index (Phi) is 6.85. The van der Waals surface area contributed by atoms with E-state index in [-0.39, 0.29) is 16.5 Å². The van der Waals surface area contributed by atoms with Crippen LogP contribution in [0.1, 0.15) is 27.0 Å². The fourth-order valence-electron chi connectivity index (χ4n) is 3.77. The molecule has 0 radical (unpaired) electrons. The molecule has 2 N–H and O–H groups in total. The number of aryl methyl sites for hydroxylation is 1. The molecule has 0 bridgehead atoms. The molecule has 176 valence electrons. The average Bonchev–Trinajstić information content (AvgIpc) is 2.84. The summed E-state index contributed by atoms with van der Waals surface area (Å²) in [5.41, 5.74) is 5.00. The molecule has 6 nitrogen and oxygen atoms in total. The van der Waals surface area contributed by atoms with Crippen molar-refractivity contribution in [3.8, 4) is 6.07 Å². The number of rotatable bonds is 6. The van der Waals surface area contributed by atoms with Crippen LogP contribution in [0.15, 0.2) is 60.8 Å². The molecule has 0 atom stereocenters. The van der Waals surface area contributed by atoms with Crippen LogP contribution in [-0.2, 0) is 6.54 Å². The topological polar surface area (TPSA) is 81.1 Å². The second-order valence-electron chi connectivity index (χ2n) is 8.37. The molecule has 0 fully saturated rings. The summed E-state index contributed by atoms with van der Waals surface area (Å²) in [6.45, 7) is 2.58. The molecule has 0 spiro atoms. The number of amides is 1. The number of nitrogens with zero attached hydrogens (tertiary/aromatic N) is 3. The molecule has 1 amide bonds. The van der Waals surface area contributed by atoms with Crippen molar-refractivity contribution in [2.45, 2.75) is 13.5 Å². The highest BCUT2D eigenvalue weighted by atomic mass is 35.5. The van der Waals surface area contributed by atoms with Crippen LogP contribution in [0.5, 0.6) is 0 Å². The lowest BCUT2D eigenvalue weighted by Gasteiger charge is -2.18. The molecule has 1 heterocycles. The van der Waals surface area contributed by atoms with Crippen LogP contribution < -0.4 is 10.6 Å². The molecule has 4 aromatic rings. The third-order valence-corrected chi connectivity index (χ3v) is 5.79. The number of carbonyl (C=O) groups excluding carboxylic acids is 1. The number of pyridine rings is 1. The van der Waals surface area contributed by atoms with Gasteiger partial charge >= 0.3 is 0 Å². The third kappa shape index (κ3) is 5.18. The van der Waals surface area contributed by atoms with Crippen molar-refractivity contribution in [2.24, 2.45) is 0 Å². The minimum absolute atomic E-state index is 0.0455. The Hall–Kier alpha value is -4.15. The highest BCUT2D eigenvalue weighted by Crippen LogP contribution is 2.34. The molecule has 0 aliphatic rings. The quantitative estimate of drug-likeness (QED) is 0.335. The van der Waals surface area contributed by atoms with E-state index in [0.29, 0.717) is 40.1 Å². The predicted molar refractivity (Wildman–Crippen MR) is 138 cm³/mol. The van der Waals surface area contributed by atoms with Gasteiger partial charge in [0.1, 0.15) is 11.9 Å². The molecule has 0 aliphatic heterocycles. The van der Waals surface area contributed by atoms with Gasteiger partial charge in [-0.1, -0.05) is 41.4 Å². The molecule has 0 saturated carbocycles. The molecular weight excluding hydrogens is 465 g/mol. The summed E-state index contributed by atoms with van der Waals surface area (Å²) in [7, 11) is 3.34. The first kappa shape index (κ1) is 24.0. The maximum absolute atomic E-state index is 13.7. The molecule has 0 unspecified atom stereocenters. The Balaban J connectivity index is 1.86. The van der Waals surface area contributed by atoms with Crippen LogP contribution in [0.25, 0.3) is 10.9 Å². The van der Waals surface area contributed by atoms with E-state index < -0.39 is 5.82 Å². The monoisotopic (exact) mass is 487 g/mol. The lowest BCUT2D eigenvalue weighted by molar-refractivity contribution is 0.0829. The van der Waals surface area contributed by atoms with E-state index in [0.717, 1.165) is 11.1 Å². The lowest BCUT2D eigenvalue weighted by atomic mass is 10.0. The maximum Gasteiger partial charge on any atom is 0.255 e. The number of hydrogen-bond acceptors (Lipinski definition) is 5. The minimum atomic E-state index is -0.543. The number of benzene rings is 3. The number of fused-ring (bicyclic) bond motifs is 1. The molecule has 0 aliphatic carbocycles. The molecule has 0 saturated heterocycles. The average molecular weight is 488 g/mol. The number of anilines is 3.